The molecule has 0 atom stereocenters. The molecule has 1 aromatic heterocycles. The Bertz CT molecular complexity index is 2310. The van der Waals surface area contributed by atoms with Crippen molar-refractivity contribution in [2.45, 2.75) is 59.7 Å². The maximum Gasteiger partial charge on any atom is 0.499 e. The Kier molecular flexibility index (Phi) is 5.96. The summed E-state index contributed by atoms with van der Waals surface area (Å²) in [5.74, 6) is -6.70. The molecule has 16 heteroatoms. The molecule has 0 spiro atoms. The molecule has 4 aromatic carbocycles. The minimum Gasteiger partial charge on any atom is -0.508 e. The van der Waals surface area contributed by atoms with Gasteiger partial charge in [0, 0.05) is 16.6 Å². The Morgan fingerprint density at radius 3 is 1.79 bits per heavy atom. The van der Waals surface area contributed by atoms with E-state index >= 15 is 0 Å². The first-order valence-corrected chi connectivity index (χ1v) is 14.4. The lowest BCUT2D eigenvalue weighted by Gasteiger charge is -2.32. The minimum absolute atomic E-state index is 0.0344. The Morgan fingerprint density at radius 2 is 1.17 bits per heavy atom. The van der Waals surface area contributed by atoms with Crippen LogP contribution < -0.4 is 15.7 Å². The summed E-state index contributed by atoms with van der Waals surface area (Å²) in [5.41, 5.74) is -3.89. The van der Waals surface area contributed by atoms with E-state index in [9.17, 15) is 40.9 Å². The fraction of sp³-hybridized carbons (Fsp3) is 0.290. The second kappa shape index (κ2) is 9.20. The standard InChI is InChI=1S/C31H29B2NO13/c1-8-9(2)26-15(23(40)19(8)36)34-16-24(41)21(38)11-12(27(16)44-45-28-13(32)22(39)25(42)29(43-26)17(28)34)18(35)10(3)14(20(11)37)33-46-30(4,5)31(6,7)47-33/h35-42H,1-7H3. The van der Waals surface area contributed by atoms with Crippen LogP contribution in [0, 0.1) is 20.8 Å². The molecule has 5 aromatic rings. The van der Waals surface area contributed by atoms with E-state index < -0.39 is 97.6 Å². The average molecular weight is 645 g/mol. The van der Waals surface area contributed by atoms with Crippen molar-refractivity contribution >= 4 is 58.9 Å². The van der Waals surface area contributed by atoms with Gasteiger partial charge in [-0.15, -0.1) is 0 Å². The summed E-state index contributed by atoms with van der Waals surface area (Å²) in [6, 6.07) is 0. The number of rotatable bonds is 1. The van der Waals surface area contributed by atoms with Crippen LogP contribution in [-0.2, 0) is 9.31 Å². The van der Waals surface area contributed by atoms with Crippen molar-refractivity contribution in [2.75, 3.05) is 0 Å². The maximum atomic E-state index is 11.7. The van der Waals surface area contributed by atoms with Gasteiger partial charge >= 0.3 is 7.12 Å². The first kappa shape index (κ1) is 30.4. The molecule has 3 heterocycles. The Hall–Kier alpha value is -5.21. The molecule has 2 aliphatic heterocycles. The molecule has 0 amide bonds. The van der Waals surface area contributed by atoms with Crippen LogP contribution in [0.5, 0.6) is 57.5 Å². The molecule has 1 fully saturated rings. The van der Waals surface area contributed by atoms with Gasteiger partial charge in [-0.2, -0.15) is 0 Å². The SMILES string of the molecule is [B]c1c(O)c(O)c2c3c1ooc1c4c(O)c(C)c(B5OC(C)(C)C(C)(C)O5)c(O)c4c(O)c(O)c1n3-c1c(O)c(O)c(C)c(C)c1O2. The van der Waals surface area contributed by atoms with Gasteiger partial charge in [0.2, 0.25) is 22.7 Å². The van der Waals surface area contributed by atoms with Crippen molar-refractivity contribution in [2.24, 2.45) is 0 Å². The molecule has 2 aliphatic rings. The van der Waals surface area contributed by atoms with Gasteiger partial charge in [0.25, 0.3) is 0 Å². The van der Waals surface area contributed by atoms with Crippen molar-refractivity contribution in [3.05, 3.63) is 16.7 Å². The van der Waals surface area contributed by atoms with Crippen molar-refractivity contribution in [1.82, 2.24) is 4.57 Å². The number of phenolic OH excluding ortho intramolecular Hbond substituents is 8. The summed E-state index contributed by atoms with van der Waals surface area (Å²) in [4.78, 5) is 0. The number of aromatic hydroxyl groups is 8. The van der Waals surface area contributed by atoms with Crippen molar-refractivity contribution in [1.29, 1.82) is 0 Å². The van der Waals surface area contributed by atoms with Gasteiger partial charge in [0.05, 0.1) is 22.0 Å². The van der Waals surface area contributed by atoms with Gasteiger partial charge in [0.15, 0.2) is 34.5 Å². The summed E-state index contributed by atoms with van der Waals surface area (Å²) in [6.07, 6.45) is 0. The fourth-order valence-electron chi connectivity index (χ4n) is 6.16. The zero-order valence-electron chi connectivity index (χ0n) is 26.2. The average Bonchev–Trinajstić information content (AvgIpc) is 3.12. The number of benzene rings is 4. The highest BCUT2D eigenvalue weighted by atomic mass is 17.0. The Labute approximate surface area is 267 Å². The van der Waals surface area contributed by atoms with Crippen LogP contribution in [0.1, 0.15) is 44.4 Å². The van der Waals surface area contributed by atoms with E-state index in [0.717, 1.165) is 4.57 Å². The smallest absolute Gasteiger partial charge is 0.499 e. The highest BCUT2D eigenvalue weighted by Crippen LogP contribution is 2.57. The predicted octanol–water partition coefficient (Wildman–Crippen LogP) is 4.02. The van der Waals surface area contributed by atoms with Crippen LogP contribution in [0.15, 0.2) is 9.15 Å². The van der Waals surface area contributed by atoms with Crippen LogP contribution in [0.3, 0.4) is 0 Å². The second-order valence-electron chi connectivity index (χ2n) is 12.8. The highest BCUT2D eigenvalue weighted by molar-refractivity contribution is 6.64. The first-order valence-electron chi connectivity index (χ1n) is 14.4. The van der Waals surface area contributed by atoms with E-state index in [1.54, 1.807) is 34.6 Å². The number of fused-ring (bicyclic) bond motifs is 6. The number of aromatic nitrogens is 1. The van der Waals surface area contributed by atoms with Gasteiger partial charge in [-0.3, -0.25) is 13.7 Å². The summed E-state index contributed by atoms with van der Waals surface area (Å²) < 4.78 is 30.4. The molecule has 8 N–H and O–H groups in total. The molecule has 0 saturated carbocycles. The van der Waals surface area contributed by atoms with Gasteiger partial charge < -0.3 is 54.9 Å². The monoisotopic (exact) mass is 645 g/mol. The largest absolute Gasteiger partial charge is 0.508 e. The molecular formula is C31H29B2NO13. The number of phenols is 8. The maximum absolute atomic E-state index is 11.7. The number of hydrogen-bond acceptors (Lipinski definition) is 13. The molecule has 7 rings (SSSR count). The van der Waals surface area contributed by atoms with Crippen LogP contribution in [-0.4, -0.2) is 71.6 Å². The van der Waals surface area contributed by atoms with Crippen molar-refractivity contribution < 1.29 is 64.1 Å². The lowest BCUT2D eigenvalue weighted by molar-refractivity contribution is 0.00578. The lowest BCUT2D eigenvalue weighted by Crippen LogP contribution is -2.41. The third-order valence-corrected chi connectivity index (χ3v) is 9.73. The normalized spacial score (nSPS) is 16.2. The van der Waals surface area contributed by atoms with Gasteiger partial charge in [-0.05, 0) is 59.5 Å². The fourth-order valence-corrected chi connectivity index (χ4v) is 6.16. The molecule has 242 valence electrons. The molecular weight excluding hydrogens is 616 g/mol. The van der Waals surface area contributed by atoms with E-state index in [-0.39, 0.29) is 44.5 Å². The quantitative estimate of drug-likeness (QED) is 0.0549. The third-order valence-electron chi connectivity index (χ3n) is 9.73. The summed E-state index contributed by atoms with van der Waals surface area (Å²) in [5, 5.41) is 89.6. The topological polar surface area (TPSA) is 221 Å². The van der Waals surface area contributed by atoms with Gasteiger partial charge in [-0.25, -0.2) is 0 Å². The molecule has 1 saturated heterocycles. The molecule has 0 bridgehead atoms. The highest BCUT2D eigenvalue weighted by Gasteiger charge is 2.53. The summed E-state index contributed by atoms with van der Waals surface area (Å²) in [7, 11) is 4.91. The van der Waals surface area contributed by atoms with Crippen LogP contribution in [0.25, 0.3) is 38.7 Å². The predicted molar refractivity (Wildman–Crippen MR) is 169 cm³/mol. The van der Waals surface area contributed by atoms with E-state index in [4.69, 9.17) is 31.0 Å². The molecule has 14 nitrogen and oxygen atoms in total. The third kappa shape index (κ3) is 3.59. The molecule has 2 radical (unpaired) electrons. The van der Waals surface area contributed by atoms with Gasteiger partial charge in [-0.1, -0.05) is 0 Å². The van der Waals surface area contributed by atoms with Crippen molar-refractivity contribution in [3.63, 3.8) is 0 Å². The molecule has 0 unspecified atom stereocenters. The van der Waals surface area contributed by atoms with E-state index in [1.165, 1.54) is 13.8 Å². The van der Waals surface area contributed by atoms with E-state index in [0.29, 0.717) is 0 Å². The van der Waals surface area contributed by atoms with Crippen LogP contribution in [0.2, 0.25) is 0 Å². The first-order chi connectivity index (χ1) is 21.8. The number of ether oxygens (including phenoxy) is 1. The number of nitrogens with zero attached hydrogens (tertiary/aromatic N) is 1. The molecule has 47 heavy (non-hydrogen) atoms. The minimum atomic E-state index is -1.21. The van der Waals surface area contributed by atoms with Crippen molar-refractivity contribution in [3.8, 4) is 63.2 Å². The Balaban J connectivity index is 1.74. The number of hydrogen-bond donors (Lipinski definition) is 8. The second-order valence-corrected chi connectivity index (χ2v) is 12.8. The van der Waals surface area contributed by atoms with Crippen LogP contribution in [0.4, 0.5) is 0 Å². The lowest BCUT2D eigenvalue weighted by atomic mass is 9.73. The zero-order valence-corrected chi connectivity index (χ0v) is 26.2. The Morgan fingerprint density at radius 1 is 0.574 bits per heavy atom. The van der Waals surface area contributed by atoms with E-state index in [1.807, 2.05) is 0 Å². The summed E-state index contributed by atoms with van der Waals surface area (Å²) >= 11 is 0. The summed E-state index contributed by atoms with van der Waals surface area (Å²) in [6.45, 7) is 11.7. The van der Waals surface area contributed by atoms with E-state index in [2.05, 4.69) is 0 Å². The van der Waals surface area contributed by atoms with Crippen LogP contribution >= 0.6 is 0 Å². The van der Waals surface area contributed by atoms with Gasteiger partial charge in [0.1, 0.15) is 36.1 Å². The molecule has 0 aliphatic carbocycles. The zero-order chi connectivity index (χ0) is 34.4.